The zero-order chi connectivity index (χ0) is 11.8. The Bertz CT molecular complexity index is 296. The number of ether oxygens (including phenoxy) is 2. The van der Waals surface area contributed by atoms with E-state index >= 15 is 0 Å². The van der Waals surface area contributed by atoms with Gasteiger partial charge in [0.1, 0.15) is 0 Å². The Labute approximate surface area is 89.6 Å². The van der Waals surface area contributed by atoms with E-state index in [9.17, 15) is 9.59 Å². The van der Waals surface area contributed by atoms with Gasteiger partial charge in [0.05, 0.1) is 0 Å². The minimum Gasteiger partial charge on any atom is -0.450 e. The molecule has 8 nitrogen and oxygen atoms in total. The van der Waals surface area contributed by atoms with Crippen molar-refractivity contribution >= 4 is 12.3 Å². The van der Waals surface area contributed by atoms with Crippen LogP contribution in [0.1, 0.15) is 25.7 Å². The summed E-state index contributed by atoms with van der Waals surface area (Å²) in [5, 5.41) is 17.1. The average Bonchev–Trinajstić information content (AvgIpc) is 2.15. The largest absolute Gasteiger partial charge is 0.508 e. The van der Waals surface area contributed by atoms with Gasteiger partial charge in [-0.1, -0.05) is 0 Å². The zero-order valence-electron chi connectivity index (χ0n) is 8.17. The third-order valence-electron chi connectivity index (χ3n) is 2.66. The fraction of sp³-hybridized carbons (Fsp3) is 0.750. The normalized spacial score (nSPS) is 36.8. The molecule has 2 fully saturated rings. The number of fused-ring (bicyclic) bond motifs is 1. The van der Waals surface area contributed by atoms with Crippen LogP contribution >= 0.6 is 0 Å². The molecule has 0 aromatic carbocycles. The number of rotatable bonds is 2. The topological polar surface area (TPSA) is 112 Å². The first-order chi connectivity index (χ1) is 7.50. The van der Waals surface area contributed by atoms with Crippen molar-refractivity contribution in [3.05, 3.63) is 0 Å². The molecule has 0 bridgehead atoms. The molecule has 0 spiro atoms. The molecule has 1 saturated heterocycles. The second-order valence-electron chi connectivity index (χ2n) is 3.62. The first kappa shape index (κ1) is 11.0. The third-order valence-corrected chi connectivity index (χ3v) is 2.66. The summed E-state index contributed by atoms with van der Waals surface area (Å²) in [7, 11) is 0. The molecule has 2 rings (SSSR count). The lowest BCUT2D eigenvalue weighted by Crippen LogP contribution is -2.71. The van der Waals surface area contributed by atoms with Crippen molar-refractivity contribution in [3.63, 3.8) is 0 Å². The molecular weight excluding hydrogens is 224 g/mol. The Morgan fingerprint density at radius 3 is 1.56 bits per heavy atom. The summed E-state index contributed by atoms with van der Waals surface area (Å²) >= 11 is 0. The summed E-state index contributed by atoms with van der Waals surface area (Å²) in [6, 6.07) is 0. The SMILES string of the molecule is O=C(O)OC12CCCCC1(OC(=O)O)OO2. The van der Waals surface area contributed by atoms with Crippen LogP contribution in [0.2, 0.25) is 0 Å². The summed E-state index contributed by atoms with van der Waals surface area (Å²) in [4.78, 5) is 30.3. The van der Waals surface area contributed by atoms with Gasteiger partial charge in [-0.15, -0.1) is 0 Å². The second-order valence-corrected chi connectivity index (χ2v) is 3.62. The Morgan fingerprint density at radius 2 is 1.31 bits per heavy atom. The van der Waals surface area contributed by atoms with E-state index in [1.807, 2.05) is 0 Å². The quantitative estimate of drug-likeness (QED) is 0.543. The van der Waals surface area contributed by atoms with Gasteiger partial charge in [-0.3, -0.25) is 0 Å². The van der Waals surface area contributed by atoms with Crippen LogP contribution in [0, 0.1) is 0 Å². The van der Waals surface area contributed by atoms with Crippen LogP contribution in [0.25, 0.3) is 0 Å². The molecule has 2 N–H and O–H groups in total. The molecule has 2 aliphatic rings. The zero-order valence-corrected chi connectivity index (χ0v) is 8.17. The fourth-order valence-corrected chi connectivity index (χ4v) is 1.98. The summed E-state index contributed by atoms with van der Waals surface area (Å²) in [5.41, 5.74) is 0. The van der Waals surface area contributed by atoms with E-state index in [1.54, 1.807) is 0 Å². The highest BCUT2D eigenvalue weighted by molar-refractivity contribution is 5.59. The predicted octanol–water partition coefficient (Wildman–Crippen LogP) is 1.30. The van der Waals surface area contributed by atoms with Crippen LogP contribution in [0.3, 0.4) is 0 Å². The molecule has 2 unspecified atom stereocenters. The summed E-state index contributed by atoms with van der Waals surface area (Å²) in [5.74, 6) is -3.31. The second kappa shape index (κ2) is 3.49. The van der Waals surface area contributed by atoms with Crippen molar-refractivity contribution in [1.82, 2.24) is 0 Å². The lowest BCUT2D eigenvalue weighted by Gasteiger charge is -2.53. The molecule has 16 heavy (non-hydrogen) atoms. The van der Waals surface area contributed by atoms with Gasteiger partial charge in [0.15, 0.2) is 0 Å². The van der Waals surface area contributed by atoms with Crippen molar-refractivity contribution in [2.24, 2.45) is 0 Å². The van der Waals surface area contributed by atoms with Crippen LogP contribution < -0.4 is 0 Å². The van der Waals surface area contributed by atoms with Crippen molar-refractivity contribution < 1.29 is 39.1 Å². The highest BCUT2D eigenvalue weighted by Gasteiger charge is 2.72. The maximum Gasteiger partial charge on any atom is 0.508 e. The molecule has 0 radical (unpaired) electrons. The van der Waals surface area contributed by atoms with Gasteiger partial charge in [0, 0.05) is 12.8 Å². The van der Waals surface area contributed by atoms with E-state index in [-0.39, 0.29) is 12.8 Å². The van der Waals surface area contributed by atoms with Gasteiger partial charge in [-0.05, 0) is 12.8 Å². The van der Waals surface area contributed by atoms with E-state index < -0.39 is 23.9 Å². The van der Waals surface area contributed by atoms with Crippen LogP contribution in [-0.4, -0.2) is 34.1 Å². The third kappa shape index (κ3) is 1.46. The average molecular weight is 234 g/mol. The van der Waals surface area contributed by atoms with Gasteiger partial charge in [-0.2, -0.15) is 9.78 Å². The standard InChI is InChI=1S/C8H10O8/c9-5(10)13-7-3-1-2-4-8(7,16-15-7)14-6(11)12/h1-4H2,(H,9,10)(H,11,12). The molecule has 1 aliphatic heterocycles. The maximum absolute atomic E-state index is 10.5. The van der Waals surface area contributed by atoms with E-state index in [4.69, 9.17) is 10.2 Å². The van der Waals surface area contributed by atoms with Crippen molar-refractivity contribution in [1.29, 1.82) is 0 Å². The molecular formula is C8H10O8. The molecule has 90 valence electrons. The van der Waals surface area contributed by atoms with Crippen LogP contribution in [-0.2, 0) is 19.2 Å². The number of hydrogen-bond donors (Lipinski definition) is 2. The van der Waals surface area contributed by atoms with Gasteiger partial charge < -0.3 is 19.7 Å². The molecule has 0 aromatic rings. The fourth-order valence-electron chi connectivity index (χ4n) is 1.98. The first-order valence-corrected chi connectivity index (χ1v) is 4.70. The summed E-state index contributed by atoms with van der Waals surface area (Å²) < 4.78 is 9.13. The number of carbonyl (C=O) groups is 2. The molecule has 0 aromatic heterocycles. The monoisotopic (exact) mass is 234 g/mol. The Morgan fingerprint density at radius 1 is 0.938 bits per heavy atom. The van der Waals surface area contributed by atoms with Crippen molar-refractivity contribution in [2.45, 2.75) is 37.3 Å². The minimum absolute atomic E-state index is 0.201. The highest BCUT2D eigenvalue weighted by atomic mass is 17.3. The summed E-state index contributed by atoms with van der Waals surface area (Å²) in [6.07, 6.45) is -1.45. The van der Waals surface area contributed by atoms with Crippen LogP contribution in [0.4, 0.5) is 9.59 Å². The highest BCUT2D eigenvalue weighted by Crippen LogP contribution is 2.52. The minimum atomic E-state index is -1.66. The lowest BCUT2D eigenvalue weighted by atomic mass is 9.86. The predicted molar refractivity (Wildman–Crippen MR) is 44.3 cm³/mol. The molecule has 2 atom stereocenters. The van der Waals surface area contributed by atoms with Crippen LogP contribution in [0.5, 0.6) is 0 Å². The van der Waals surface area contributed by atoms with Crippen molar-refractivity contribution in [2.75, 3.05) is 0 Å². The summed E-state index contributed by atoms with van der Waals surface area (Å²) in [6.45, 7) is 0. The van der Waals surface area contributed by atoms with Gasteiger partial charge in [0.25, 0.3) is 0 Å². The molecule has 1 saturated carbocycles. The van der Waals surface area contributed by atoms with E-state index in [0.717, 1.165) is 0 Å². The van der Waals surface area contributed by atoms with Crippen molar-refractivity contribution in [3.8, 4) is 0 Å². The molecule has 1 aliphatic carbocycles. The maximum atomic E-state index is 10.5. The molecule has 8 heteroatoms. The lowest BCUT2D eigenvalue weighted by molar-refractivity contribution is -0.652. The molecule has 0 amide bonds. The van der Waals surface area contributed by atoms with E-state index in [0.29, 0.717) is 12.8 Å². The number of carboxylic acid groups (broad SMARTS) is 2. The smallest absolute Gasteiger partial charge is 0.450 e. The Balaban J connectivity index is 2.20. The van der Waals surface area contributed by atoms with Crippen LogP contribution in [0.15, 0.2) is 0 Å². The Kier molecular flexibility index (Phi) is 2.39. The van der Waals surface area contributed by atoms with Gasteiger partial charge in [0.2, 0.25) is 0 Å². The Hall–Kier alpha value is -1.54. The van der Waals surface area contributed by atoms with Gasteiger partial charge >= 0.3 is 23.9 Å². The molecule has 1 heterocycles. The van der Waals surface area contributed by atoms with Gasteiger partial charge in [-0.25, -0.2) is 9.59 Å². The first-order valence-electron chi connectivity index (χ1n) is 4.70. The number of hydrogen-bond acceptors (Lipinski definition) is 6. The van der Waals surface area contributed by atoms with E-state index in [2.05, 4.69) is 19.2 Å². The van der Waals surface area contributed by atoms with E-state index in [1.165, 1.54) is 0 Å².